The highest BCUT2D eigenvalue weighted by atomic mass is 32.1. The molecule has 1 rings (SSSR count). The summed E-state index contributed by atoms with van der Waals surface area (Å²) in [6.07, 6.45) is 0. The first-order valence-electron chi connectivity index (χ1n) is 4.18. The second kappa shape index (κ2) is 4.02. The lowest BCUT2D eigenvalue weighted by Crippen LogP contribution is -2.23. The number of esters is 1. The van der Waals surface area contributed by atoms with Crippen molar-refractivity contribution in [1.82, 2.24) is 9.36 Å². The molecule has 0 amide bonds. The molecular weight excluding hydrogens is 202 g/mol. The monoisotopic (exact) mass is 215 g/mol. The second-order valence-corrected chi connectivity index (χ2v) is 4.47. The van der Waals surface area contributed by atoms with Gasteiger partial charge in [-0.1, -0.05) is 0 Å². The van der Waals surface area contributed by atoms with Crippen LogP contribution in [0, 0.1) is 0 Å². The predicted molar refractivity (Wildman–Crippen MR) is 53.0 cm³/mol. The lowest BCUT2D eigenvalue weighted by Gasteiger charge is -2.18. The lowest BCUT2D eigenvalue weighted by molar-refractivity contribution is 0.00690. The quantitative estimate of drug-likeness (QED) is 0.743. The van der Waals surface area contributed by atoms with Gasteiger partial charge in [0.05, 0.1) is 6.54 Å². The molecule has 0 saturated heterocycles. The van der Waals surface area contributed by atoms with Crippen molar-refractivity contribution in [3.63, 3.8) is 0 Å². The first-order chi connectivity index (χ1) is 6.42. The van der Waals surface area contributed by atoms with E-state index in [1.165, 1.54) is 0 Å². The van der Waals surface area contributed by atoms with Crippen molar-refractivity contribution in [2.24, 2.45) is 5.73 Å². The minimum Gasteiger partial charge on any atom is -0.455 e. The summed E-state index contributed by atoms with van der Waals surface area (Å²) >= 11 is 1.01. The Morgan fingerprint density at radius 1 is 1.57 bits per heavy atom. The Labute approximate surface area is 86.5 Å². The first kappa shape index (κ1) is 11.1. The lowest BCUT2D eigenvalue weighted by atomic mass is 10.2. The maximum Gasteiger partial charge on any atom is 0.369 e. The number of rotatable bonds is 2. The van der Waals surface area contributed by atoms with Gasteiger partial charge in [-0.05, 0) is 32.3 Å². The summed E-state index contributed by atoms with van der Waals surface area (Å²) in [5, 5.41) is 0.250. The van der Waals surface area contributed by atoms with E-state index in [9.17, 15) is 4.79 Å². The highest BCUT2D eigenvalue weighted by molar-refractivity contribution is 7.07. The first-order valence-corrected chi connectivity index (χ1v) is 4.96. The summed E-state index contributed by atoms with van der Waals surface area (Å²) in [5.41, 5.74) is 4.81. The summed E-state index contributed by atoms with van der Waals surface area (Å²) < 4.78 is 9.00. The van der Waals surface area contributed by atoms with Gasteiger partial charge in [-0.2, -0.15) is 4.37 Å². The fourth-order valence-corrected chi connectivity index (χ4v) is 1.31. The van der Waals surface area contributed by atoms with E-state index < -0.39 is 11.6 Å². The zero-order valence-corrected chi connectivity index (χ0v) is 9.22. The van der Waals surface area contributed by atoms with Crippen LogP contribution >= 0.6 is 11.5 Å². The summed E-state index contributed by atoms with van der Waals surface area (Å²) in [5.74, 6) is 0.0190. The average Bonchev–Trinajstić information content (AvgIpc) is 2.48. The van der Waals surface area contributed by atoms with Crippen molar-refractivity contribution in [1.29, 1.82) is 0 Å². The number of ether oxygens (including phenoxy) is 1. The summed E-state index contributed by atoms with van der Waals surface area (Å²) in [6, 6.07) is 0. The number of nitrogens with two attached hydrogens (primary N) is 1. The third-order valence-corrected chi connectivity index (χ3v) is 1.96. The van der Waals surface area contributed by atoms with Crippen molar-refractivity contribution in [3.8, 4) is 0 Å². The molecule has 0 bridgehead atoms. The molecule has 0 spiro atoms. The van der Waals surface area contributed by atoms with Crippen molar-refractivity contribution < 1.29 is 9.53 Å². The highest BCUT2D eigenvalue weighted by Gasteiger charge is 2.20. The molecule has 0 aliphatic carbocycles. The van der Waals surface area contributed by atoms with E-state index in [2.05, 4.69) is 9.36 Å². The molecule has 0 unspecified atom stereocenters. The molecule has 1 aromatic heterocycles. The number of nitrogens with zero attached hydrogens (tertiary/aromatic N) is 2. The maximum atomic E-state index is 11.4. The normalized spacial score (nSPS) is 11.4. The van der Waals surface area contributed by atoms with Gasteiger partial charge in [-0.3, -0.25) is 0 Å². The smallest absolute Gasteiger partial charge is 0.369 e. The van der Waals surface area contributed by atoms with E-state index in [1.807, 2.05) is 0 Å². The van der Waals surface area contributed by atoms with Crippen LogP contribution in [0.4, 0.5) is 0 Å². The molecule has 2 N–H and O–H groups in total. The molecule has 0 fully saturated rings. The molecule has 5 nitrogen and oxygen atoms in total. The van der Waals surface area contributed by atoms with E-state index in [0.29, 0.717) is 5.82 Å². The molecule has 78 valence electrons. The zero-order chi connectivity index (χ0) is 10.8. The van der Waals surface area contributed by atoms with Gasteiger partial charge in [0.1, 0.15) is 5.60 Å². The summed E-state index contributed by atoms with van der Waals surface area (Å²) in [7, 11) is 0. The molecule has 1 aromatic rings. The van der Waals surface area contributed by atoms with Crippen molar-refractivity contribution in [3.05, 3.63) is 10.8 Å². The second-order valence-electron chi connectivity index (χ2n) is 3.72. The Morgan fingerprint density at radius 2 is 2.21 bits per heavy atom. The number of hydrogen-bond donors (Lipinski definition) is 1. The predicted octanol–water partition coefficient (Wildman–Crippen LogP) is 0.952. The van der Waals surface area contributed by atoms with E-state index in [1.54, 1.807) is 20.8 Å². The number of carbonyl (C=O) groups is 1. The van der Waals surface area contributed by atoms with Gasteiger partial charge in [0.2, 0.25) is 5.01 Å². The van der Waals surface area contributed by atoms with Crippen LogP contribution in [0.25, 0.3) is 0 Å². The molecule has 6 heteroatoms. The maximum absolute atomic E-state index is 11.4. The van der Waals surface area contributed by atoms with E-state index in [0.717, 1.165) is 11.5 Å². The van der Waals surface area contributed by atoms with Crippen LogP contribution in [0.1, 0.15) is 36.4 Å². The van der Waals surface area contributed by atoms with Gasteiger partial charge in [0.15, 0.2) is 5.82 Å². The van der Waals surface area contributed by atoms with Crippen LogP contribution < -0.4 is 5.73 Å². The molecule has 0 aromatic carbocycles. The van der Waals surface area contributed by atoms with Crippen LogP contribution in [0.3, 0.4) is 0 Å². The highest BCUT2D eigenvalue weighted by Crippen LogP contribution is 2.13. The van der Waals surface area contributed by atoms with Gasteiger partial charge in [0, 0.05) is 0 Å². The summed E-state index contributed by atoms with van der Waals surface area (Å²) in [4.78, 5) is 15.4. The molecule has 14 heavy (non-hydrogen) atoms. The Kier molecular flexibility index (Phi) is 3.17. The fourth-order valence-electron chi connectivity index (χ4n) is 0.742. The standard InChI is InChI=1S/C8H13N3O2S/c1-8(2,3)13-7(12)6-10-5(4-9)11-14-6/h4,9H2,1-3H3. The Hall–Kier alpha value is -1.01. The van der Waals surface area contributed by atoms with Gasteiger partial charge >= 0.3 is 5.97 Å². The van der Waals surface area contributed by atoms with Gasteiger partial charge < -0.3 is 10.5 Å². The molecule has 0 saturated carbocycles. The SMILES string of the molecule is CC(C)(C)OC(=O)c1nc(CN)ns1. The fraction of sp³-hybridized carbons (Fsp3) is 0.625. The molecular formula is C8H13N3O2S. The van der Waals surface area contributed by atoms with Crippen molar-refractivity contribution >= 4 is 17.5 Å². The number of hydrogen-bond acceptors (Lipinski definition) is 6. The zero-order valence-electron chi connectivity index (χ0n) is 8.40. The van der Waals surface area contributed by atoms with Gasteiger partial charge in [0.25, 0.3) is 0 Å². The molecule has 0 aliphatic rings. The molecule has 1 heterocycles. The molecule has 0 radical (unpaired) electrons. The molecule has 0 aliphatic heterocycles. The van der Waals surface area contributed by atoms with Gasteiger partial charge in [-0.25, -0.2) is 9.78 Å². The van der Waals surface area contributed by atoms with Crippen molar-refractivity contribution in [2.45, 2.75) is 32.9 Å². The van der Waals surface area contributed by atoms with Crippen LogP contribution in [-0.4, -0.2) is 20.9 Å². The largest absolute Gasteiger partial charge is 0.455 e. The third-order valence-electron chi connectivity index (χ3n) is 1.22. The third kappa shape index (κ3) is 3.04. The topological polar surface area (TPSA) is 78.1 Å². The number of carbonyl (C=O) groups excluding carboxylic acids is 1. The Morgan fingerprint density at radius 3 is 2.64 bits per heavy atom. The van der Waals surface area contributed by atoms with Crippen LogP contribution in [0.15, 0.2) is 0 Å². The van der Waals surface area contributed by atoms with E-state index in [4.69, 9.17) is 10.5 Å². The van der Waals surface area contributed by atoms with Gasteiger partial charge in [-0.15, -0.1) is 0 Å². The minimum absolute atomic E-state index is 0.235. The minimum atomic E-state index is -0.508. The number of aromatic nitrogens is 2. The van der Waals surface area contributed by atoms with Crippen LogP contribution in [-0.2, 0) is 11.3 Å². The molecule has 0 atom stereocenters. The average molecular weight is 215 g/mol. The Bertz CT molecular complexity index is 330. The Balaban J connectivity index is 2.70. The van der Waals surface area contributed by atoms with Crippen LogP contribution in [0.5, 0.6) is 0 Å². The van der Waals surface area contributed by atoms with E-state index in [-0.39, 0.29) is 11.6 Å². The van der Waals surface area contributed by atoms with E-state index >= 15 is 0 Å². The summed E-state index contributed by atoms with van der Waals surface area (Å²) in [6.45, 7) is 5.64. The van der Waals surface area contributed by atoms with Crippen molar-refractivity contribution in [2.75, 3.05) is 0 Å². The van der Waals surface area contributed by atoms with Crippen LogP contribution in [0.2, 0.25) is 0 Å².